The van der Waals surface area contributed by atoms with E-state index in [1.54, 1.807) is 12.3 Å². The van der Waals surface area contributed by atoms with Crippen molar-refractivity contribution in [1.29, 1.82) is 0 Å². The minimum atomic E-state index is -0.550. The number of methoxy groups -OCH3 is 1. The van der Waals surface area contributed by atoms with Crippen LogP contribution in [0.4, 0.5) is 5.82 Å². The van der Waals surface area contributed by atoms with Crippen LogP contribution >= 0.6 is 0 Å². The molecule has 1 N–H and O–H groups in total. The zero-order valence-electron chi connectivity index (χ0n) is 10.0. The van der Waals surface area contributed by atoms with Crippen LogP contribution in [0.3, 0.4) is 0 Å². The summed E-state index contributed by atoms with van der Waals surface area (Å²) in [5.41, 5.74) is 0.843. The lowest BCUT2D eigenvalue weighted by molar-refractivity contribution is -0.141. The Morgan fingerprint density at radius 2 is 1.89 bits per heavy atom. The summed E-state index contributed by atoms with van der Waals surface area (Å²) in [6.45, 7) is 0. The summed E-state index contributed by atoms with van der Waals surface area (Å²) in [7, 11) is 1.37. The molecular formula is C14H14N2O2. The van der Waals surface area contributed by atoms with Crippen LogP contribution in [0.1, 0.15) is 11.6 Å². The predicted octanol–water partition coefficient (Wildman–Crippen LogP) is 2.41. The fraction of sp³-hybridized carbons (Fsp3) is 0.143. The van der Waals surface area contributed by atoms with Crippen LogP contribution in [0.2, 0.25) is 0 Å². The molecule has 2 aromatic rings. The number of pyridine rings is 1. The largest absolute Gasteiger partial charge is 0.467 e. The Bertz CT molecular complexity index is 500. The molecule has 0 amide bonds. The molecule has 4 heteroatoms. The van der Waals surface area contributed by atoms with Crippen LogP contribution in [0.5, 0.6) is 0 Å². The number of benzene rings is 1. The Balaban J connectivity index is 2.24. The first kappa shape index (κ1) is 12.1. The van der Waals surface area contributed by atoms with Crippen molar-refractivity contribution in [2.24, 2.45) is 0 Å². The lowest BCUT2D eigenvalue weighted by Crippen LogP contribution is -2.22. The molecule has 4 nitrogen and oxygen atoms in total. The Kier molecular flexibility index (Phi) is 3.91. The van der Waals surface area contributed by atoms with Crippen molar-refractivity contribution >= 4 is 11.8 Å². The van der Waals surface area contributed by atoms with Crippen molar-refractivity contribution < 1.29 is 9.53 Å². The molecule has 1 aromatic heterocycles. The summed E-state index contributed by atoms with van der Waals surface area (Å²) < 4.78 is 4.81. The zero-order valence-corrected chi connectivity index (χ0v) is 10.0. The average Bonchev–Trinajstić information content (AvgIpc) is 2.46. The number of hydrogen-bond donors (Lipinski definition) is 1. The molecule has 0 spiro atoms. The van der Waals surface area contributed by atoms with Crippen molar-refractivity contribution in [3.05, 3.63) is 60.3 Å². The number of ether oxygens (including phenoxy) is 1. The standard InChI is InChI=1S/C14H14N2O2/c1-18-14(17)13(11-7-3-2-4-8-11)16-12-9-5-6-10-15-12/h2-10,13H,1H3,(H,15,16)/t13-/m0/s1. The maximum Gasteiger partial charge on any atom is 0.333 e. The molecule has 2 rings (SSSR count). The Morgan fingerprint density at radius 1 is 1.17 bits per heavy atom. The smallest absolute Gasteiger partial charge is 0.333 e. The number of carbonyl (C=O) groups is 1. The third-order valence-corrected chi connectivity index (χ3v) is 2.53. The number of carbonyl (C=O) groups excluding carboxylic acids is 1. The summed E-state index contributed by atoms with van der Waals surface area (Å²) >= 11 is 0. The fourth-order valence-corrected chi connectivity index (χ4v) is 1.64. The maximum atomic E-state index is 11.8. The number of nitrogens with one attached hydrogen (secondary N) is 1. The second-order valence-electron chi connectivity index (χ2n) is 3.73. The molecule has 0 radical (unpaired) electrons. The van der Waals surface area contributed by atoms with Gasteiger partial charge in [0, 0.05) is 6.20 Å². The van der Waals surface area contributed by atoms with Gasteiger partial charge in [0.2, 0.25) is 0 Å². The average molecular weight is 242 g/mol. The monoisotopic (exact) mass is 242 g/mol. The number of nitrogens with zero attached hydrogens (tertiary/aromatic N) is 1. The zero-order chi connectivity index (χ0) is 12.8. The van der Waals surface area contributed by atoms with E-state index in [1.807, 2.05) is 42.5 Å². The van der Waals surface area contributed by atoms with E-state index in [-0.39, 0.29) is 5.97 Å². The summed E-state index contributed by atoms with van der Waals surface area (Å²) in [4.78, 5) is 15.9. The Labute approximate surface area is 106 Å². The highest BCUT2D eigenvalue weighted by Crippen LogP contribution is 2.19. The lowest BCUT2D eigenvalue weighted by Gasteiger charge is -2.17. The molecule has 0 unspecified atom stereocenters. The number of rotatable bonds is 4. The highest BCUT2D eigenvalue weighted by Gasteiger charge is 2.21. The van der Waals surface area contributed by atoms with Crippen molar-refractivity contribution in [3.8, 4) is 0 Å². The van der Waals surface area contributed by atoms with Crippen molar-refractivity contribution in [2.75, 3.05) is 12.4 Å². The predicted molar refractivity (Wildman–Crippen MR) is 69.1 cm³/mol. The molecule has 0 saturated carbocycles. The number of esters is 1. The quantitative estimate of drug-likeness (QED) is 0.836. The molecule has 92 valence electrons. The van der Waals surface area contributed by atoms with E-state index < -0.39 is 6.04 Å². The highest BCUT2D eigenvalue weighted by molar-refractivity contribution is 5.80. The van der Waals surface area contributed by atoms with Crippen molar-refractivity contribution in [3.63, 3.8) is 0 Å². The van der Waals surface area contributed by atoms with E-state index in [2.05, 4.69) is 10.3 Å². The minimum absolute atomic E-state index is 0.341. The molecule has 0 fully saturated rings. The molecule has 0 bridgehead atoms. The summed E-state index contributed by atoms with van der Waals surface area (Å²) in [6, 6.07) is 14.3. The van der Waals surface area contributed by atoms with Gasteiger partial charge in [-0.25, -0.2) is 9.78 Å². The van der Waals surface area contributed by atoms with E-state index in [0.717, 1.165) is 5.56 Å². The molecular weight excluding hydrogens is 228 g/mol. The first-order chi connectivity index (χ1) is 8.81. The van der Waals surface area contributed by atoms with Gasteiger partial charge < -0.3 is 10.1 Å². The number of hydrogen-bond acceptors (Lipinski definition) is 4. The summed E-state index contributed by atoms with van der Waals surface area (Å²) in [5.74, 6) is 0.295. The first-order valence-electron chi connectivity index (χ1n) is 5.61. The molecule has 1 aromatic carbocycles. The third kappa shape index (κ3) is 2.85. The van der Waals surface area contributed by atoms with Gasteiger partial charge in [-0.1, -0.05) is 36.4 Å². The van der Waals surface area contributed by atoms with Gasteiger partial charge in [-0.2, -0.15) is 0 Å². The van der Waals surface area contributed by atoms with Crippen LogP contribution in [0, 0.1) is 0 Å². The highest BCUT2D eigenvalue weighted by atomic mass is 16.5. The fourth-order valence-electron chi connectivity index (χ4n) is 1.64. The summed E-state index contributed by atoms with van der Waals surface area (Å²) in [6.07, 6.45) is 1.67. The van der Waals surface area contributed by atoms with Gasteiger partial charge in [0.05, 0.1) is 7.11 Å². The van der Waals surface area contributed by atoms with Crippen molar-refractivity contribution in [2.45, 2.75) is 6.04 Å². The maximum absolute atomic E-state index is 11.8. The van der Waals surface area contributed by atoms with E-state index in [1.165, 1.54) is 7.11 Å². The number of anilines is 1. The topological polar surface area (TPSA) is 51.2 Å². The van der Waals surface area contributed by atoms with Crippen LogP contribution in [0.15, 0.2) is 54.7 Å². The van der Waals surface area contributed by atoms with Gasteiger partial charge >= 0.3 is 5.97 Å². The van der Waals surface area contributed by atoms with E-state index in [9.17, 15) is 4.79 Å². The SMILES string of the molecule is COC(=O)[C@@H](Nc1ccccn1)c1ccccc1. The van der Waals surface area contributed by atoms with Crippen LogP contribution in [-0.2, 0) is 9.53 Å². The second kappa shape index (κ2) is 5.82. The van der Waals surface area contributed by atoms with Gasteiger partial charge in [-0.05, 0) is 17.7 Å². The molecule has 0 aliphatic heterocycles. The molecule has 0 aliphatic carbocycles. The van der Waals surface area contributed by atoms with Gasteiger partial charge in [-0.3, -0.25) is 0 Å². The molecule has 1 atom stereocenters. The lowest BCUT2D eigenvalue weighted by atomic mass is 10.1. The van der Waals surface area contributed by atoms with E-state index in [0.29, 0.717) is 5.82 Å². The van der Waals surface area contributed by atoms with Crippen LogP contribution in [-0.4, -0.2) is 18.1 Å². The van der Waals surface area contributed by atoms with Crippen LogP contribution in [0.25, 0.3) is 0 Å². The summed E-state index contributed by atoms with van der Waals surface area (Å²) in [5, 5.41) is 3.06. The third-order valence-electron chi connectivity index (χ3n) is 2.53. The molecule has 18 heavy (non-hydrogen) atoms. The van der Waals surface area contributed by atoms with E-state index in [4.69, 9.17) is 4.74 Å². The normalized spacial score (nSPS) is 11.6. The molecule has 0 aliphatic rings. The Hall–Kier alpha value is -2.36. The number of aromatic nitrogens is 1. The van der Waals surface area contributed by atoms with Gasteiger partial charge in [0.25, 0.3) is 0 Å². The Morgan fingerprint density at radius 3 is 2.50 bits per heavy atom. The van der Waals surface area contributed by atoms with Crippen molar-refractivity contribution in [1.82, 2.24) is 4.98 Å². The van der Waals surface area contributed by atoms with E-state index >= 15 is 0 Å². The first-order valence-corrected chi connectivity index (χ1v) is 5.61. The van der Waals surface area contributed by atoms with Crippen LogP contribution < -0.4 is 5.32 Å². The minimum Gasteiger partial charge on any atom is -0.467 e. The van der Waals surface area contributed by atoms with Gasteiger partial charge in [-0.15, -0.1) is 0 Å². The van der Waals surface area contributed by atoms with Gasteiger partial charge in [0.1, 0.15) is 5.82 Å². The van der Waals surface area contributed by atoms with Gasteiger partial charge in [0.15, 0.2) is 6.04 Å². The molecule has 0 saturated heterocycles. The molecule has 1 heterocycles. The second-order valence-corrected chi connectivity index (χ2v) is 3.73.